The van der Waals surface area contributed by atoms with E-state index >= 15 is 0 Å². The molecule has 0 aliphatic rings. The summed E-state index contributed by atoms with van der Waals surface area (Å²) in [7, 11) is 0. The molecule has 0 unspecified atom stereocenters. The SMILES string of the molecule is c1ccc(-c2ccc(-c3ccc(N(c4ccc(-c5ccc6c(c5)c5ccccc5n6-c5ccccc5)cc4)c4ccc(-c5c6ccccc6c(-c6ccccc6)c6ccccc56)cc4)cc3)cc2)cc1. The van der Waals surface area contributed by atoms with Crippen LogP contribution >= 0.6 is 0 Å². The summed E-state index contributed by atoms with van der Waals surface area (Å²) in [6, 6.07) is 102. The molecule has 0 N–H and O–H groups in total. The van der Waals surface area contributed by atoms with Crippen molar-refractivity contribution in [3.8, 4) is 61.3 Å². The molecule has 12 aromatic carbocycles. The van der Waals surface area contributed by atoms with Gasteiger partial charge < -0.3 is 9.47 Å². The fourth-order valence-electron chi connectivity index (χ4n) is 10.7. The summed E-state index contributed by atoms with van der Waals surface area (Å²) in [6.45, 7) is 0. The zero-order valence-corrected chi connectivity index (χ0v) is 38.5. The average molecular weight is 891 g/mol. The lowest BCUT2D eigenvalue weighted by Gasteiger charge is -2.26. The van der Waals surface area contributed by atoms with E-state index in [1.165, 1.54) is 99.0 Å². The van der Waals surface area contributed by atoms with Crippen LogP contribution in [0.3, 0.4) is 0 Å². The smallest absolute Gasteiger partial charge is 0.0541 e. The van der Waals surface area contributed by atoms with E-state index < -0.39 is 0 Å². The van der Waals surface area contributed by atoms with Gasteiger partial charge in [0.25, 0.3) is 0 Å². The fourth-order valence-corrected chi connectivity index (χ4v) is 10.7. The topological polar surface area (TPSA) is 8.17 Å². The van der Waals surface area contributed by atoms with Crippen molar-refractivity contribution < 1.29 is 0 Å². The largest absolute Gasteiger partial charge is 0.311 e. The van der Waals surface area contributed by atoms with Crippen molar-refractivity contribution in [3.63, 3.8) is 0 Å². The second kappa shape index (κ2) is 17.4. The zero-order valence-electron chi connectivity index (χ0n) is 38.5. The van der Waals surface area contributed by atoms with Gasteiger partial charge in [-0.1, -0.05) is 212 Å². The second-order valence-electron chi connectivity index (χ2n) is 18.0. The van der Waals surface area contributed by atoms with Crippen molar-refractivity contribution in [1.82, 2.24) is 4.57 Å². The van der Waals surface area contributed by atoms with Crippen LogP contribution in [-0.4, -0.2) is 4.57 Å². The Morgan fingerprint density at radius 3 is 1.01 bits per heavy atom. The van der Waals surface area contributed by atoms with E-state index in [1.54, 1.807) is 0 Å². The Morgan fingerprint density at radius 1 is 0.214 bits per heavy atom. The minimum Gasteiger partial charge on any atom is -0.311 e. The minimum absolute atomic E-state index is 1.08. The number of anilines is 3. The molecule has 0 amide bonds. The fraction of sp³-hybridized carbons (Fsp3) is 0. The van der Waals surface area contributed by atoms with Crippen molar-refractivity contribution in [1.29, 1.82) is 0 Å². The molecule has 0 fully saturated rings. The van der Waals surface area contributed by atoms with Crippen molar-refractivity contribution in [2.24, 2.45) is 0 Å². The second-order valence-corrected chi connectivity index (χ2v) is 18.0. The van der Waals surface area contributed by atoms with E-state index in [9.17, 15) is 0 Å². The van der Waals surface area contributed by atoms with Crippen LogP contribution in [0.1, 0.15) is 0 Å². The lowest BCUT2D eigenvalue weighted by atomic mass is 9.86. The van der Waals surface area contributed by atoms with Gasteiger partial charge in [0.05, 0.1) is 11.0 Å². The van der Waals surface area contributed by atoms with Crippen LogP contribution in [0.25, 0.3) is 105 Å². The maximum Gasteiger partial charge on any atom is 0.0541 e. The first-order valence-electron chi connectivity index (χ1n) is 24.1. The van der Waals surface area contributed by atoms with Crippen LogP contribution < -0.4 is 4.90 Å². The van der Waals surface area contributed by atoms with Gasteiger partial charge in [-0.2, -0.15) is 0 Å². The van der Waals surface area contributed by atoms with Gasteiger partial charge in [0.2, 0.25) is 0 Å². The first kappa shape index (κ1) is 41.0. The number of nitrogens with zero attached hydrogens (tertiary/aromatic N) is 2. The standard InChI is InChI=1S/C68H46N2/c1-4-16-47(17-5-1)48-28-30-49(31-29-48)50-32-39-56(40-33-50)69(57-41-34-51(35-42-57)54-38-45-66-64(46-54)59-22-14-15-27-65(59)70(66)55-20-8-3-9-21-55)58-43-36-53(37-44-58)68-62-25-12-10-23-60(62)67(52-18-6-2-7-19-52)61-24-11-13-26-63(61)68/h1-46H. The van der Waals surface area contributed by atoms with Crippen LogP contribution in [0.15, 0.2) is 279 Å². The number of rotatable bonds is 9. The summed E-state index contributed by atoms with van der Waals surface area (Å²) in [5.41, 5.74) is 18.9. The molecule has 2 nitrogen and oxygen atoms in total. The summed E-state index contributed by atoms with van der Waals surface area (Å²) >= 11 is 0. The summed E-state index contributed by atoms with van der Waals surface area (Å²) < 4.78 is 2.37. The Hall–Kier alpha value is -9.24. The van der Waals surface area contributed by atoms with Crippen LogP contribution in [0, 0.1) is 0 Å². The minimum atomic E-state index is 1.08. The molecule has 1 aromatic heterocycles. The molecule has 0 aliphatic heterocycles. The molecule has 0 atom stereocenters. The van der Waals surface area contributed by atoms with E-state index in [0.717, 1.165) is 22.7 Å². The summed E-state index contributed by atoms with van der Waals surface area (Å²) in [4.78, 5) is 2.38. The van der Waals surface area contributed by atoms with E-state index in [2.05, 4.69) is 289 Å². The third kappa shape index (κ3) is 7.22. The first-order chi connectivity index (χ1) is 34.7. The maximum atomic E-state index is 2.38. The van der Waals surface area contributed by atoms with Crippen molar-refractivity contribution in [2.45, 2.75) is 0 Å². The number of para-hydroxylation sites is 2. The summed E-state index contributed by atoms with van der Waals surface area (Å²) in [5, 5.41) is 7.49. The van der Waals surface area contributed by atoms with Gasteiger partial charge in [0.1, 0.15) is 0 Å². The number of benzene rings is 12. The highest BCUT2D eigenvalue weighted by Gasteiger charge is 2.19. The van der Waals surface area contributed by atoms with Gasteiger partial charge in [-0.05, 0) is 144 Å². The molecule has 0 bridgehead atoms. The Kier molecular flexibility index (Phi) is 10.2. The predicted octanol–water partition coefficient (Wildman–Crippen LogP) is 18.9. The van der Waals surface area contributed by atoms with E-state index in [4.69, 9.17) is 0 Å². The van der Waals surface area contributed by atoms with E-state index in [-0.39, 0.29) is 0 Å². The molecular weight excluding hydrogens is 845 g/mol. The lowest BCUT2D eigenvalue weighted by molar-refractivity contribution is 1.18. The van der Waals surface area contributed by atoms with Crippen LogP contribution in [0.4, 0.5) is 17.1 Å². The highest BCUT2D eigenvalue weighted by Crippen LogP contribution is 2.45. The molecule has 13 aromatic rings. The van der Waals surface area contributed by atoms with Gasteiger partial charge in [0.15, 0.2) is 0 Å². The molecule has 70 heavy (non-hydrogen) atoms. The van der Waals surface area contributed by atoms with Gasteiger partial charge in [0, 0.05) is 33.5 Å². The van der Waals surface area contributed by atoms with Crippen LogP contribution in [0.5, 0.6) is 0 Å². The summed E-state index contributed by atoms with van der Waals surface area (Å²) in [6.07, 6.45) is 0. The highest BCUT2D eigenvalue weighted by molar-refractivity contribution is 6.21. The third-order valence-corrected chi connectivity index (χ3v) is 14.0. The first-order valence-corrected chi connectivity index (χ1v) is 24.1. The van der Waals surface area contributed by atoms with Gasteiger partial charge >= 0.3 is 0 Å². The number of aromatic nitrogens is 1. The molecule has 0 radical (unpaired) electrons. The highest BCUT2D eigenvalue weighted by atomic mass is 15.1. The van der Waals surface area contributed by atoms with E-state index in [0.29, 0.717) is 0 Å². The Balaban J connectivity index is 0.899. The normalized spacial score (nSPS) is 11.4. The Morgan fingerprint density at radius 2 is 0.529 bits per heavy atom. The molecule has 13 rings (SSSR count). The molecule has 0 aliphatic carbocycles. The van der Waals surface area contributed by atoms with Crippen molar-refractivity contribution in [2.75, 3.05) is 4.90 Å². The number of fused-ring (bicyclic) bond motifs is 5. The molecule has 1 heterocycles. The Labute approximate surface area is 408 Å². The van der Waals surface area contributed by atoms with Crippen LogP contribution in [0.2, 0.25) is 0 Å². The van der Waals surface area contributed by atoms with Crippen molar-refractivity contribution in [3.05, 3.63) is 279 Å². The summed E-state index contributed by atoms with van der Waals surface area (Å²) in [5.74, 6) is 0. The molecular formula is C68H46N2. The van der Waals surface area contributed by atoms with E-state index in [1.807, 2.05) is 0 Å². The average Bonchev–Trinajstić information content (AvgIpc) is 3.77. The van der Waals surface area contributed by atoms with Crippen LogP contribution in [-0.2, 0) is 0 Å². The third-order valence-electron chi connectivity index (χ3n) is 14.0. The molecule has 0 saturated carbocycles. The molecule has 0 saturated heterocycles. The number of hydrogen-bond donors (Lipinski definition) is 0. The molecule has 328 valence electrons. The molecule has 0 spiro atoms. The maximum absolute atomic E-state index is 2.38. The van der Waals surface area contributed by atoms with Crippen molar-refractivity contribution >= 4 is 60.4 Å². The van der Waals surface area contributed by atoms with Gasteiger partial charge in [-0.25, -0.2) is 0 Å². The number of hydrogen-bond acceptors (Lipinski definition) is 1. The van der Waals surface area contributed by atoms with Gasteiger partial charge in [-0.15, -0.1) is 0 Å². The molecule has 2 heteroatoms. The zero-order chi connectivity index (χ0) is 46.4. The van der Waals surface area contributed by atoms with Gasteiger partial charge in [-0.3, -0.25) is 0 Å². The quantitative estimate of drug-likeness (QED) is 0.131. The predicted molar refractivity (Wildman–Crippen MR) is 298 cm³/mol. The monoisotopic (exact) mass is 890 g/mol. The lowest BCUT2D eigenvalue weighted by Crippen LogP contribution is -2.09. The Bertz CT molecular complexity index is 3930.